The van der Waals surface area contributed by atoms with Gasteiger partial charge in [0.25, 0.3) is 0 Å². The predicted molar refractivity (Wildman–Crippen MR) is 78.9 cm³/mol. The number of nitrogens with zero attached hydrogens (tertiary/aromatic N) is 2. The van der Waals surface area contributed by atoms with Gasteiger partial charge in [-0.25, -0.2) is 4.98 Å². The summed E-state index contributed by atoms with van der Waals surface area (Å²) in [6.45, 7) is 10.2. The first-order chi connectivity index (χ1) is 9.42. The van der Waals surface area contributed by atoms with Crippen LogP contribution in [0.5, 0.6) is 5.88 Å². The zero-order valence-corrected chi connectivity index (χ0v) is 12.9. The molecule has 0 spiro atoms. The molecule has 20 heavy (non-hydrogen) atoms. The molecule has 1 amide bonds. The van der Waals surface area contributed by atoms with Crippen molar-refractivity contribution in [2.24, 2.45) is 0 Å². The van der Waals surface area contributed by atoms with Crippen molar-refractivity contribution in [3.8, 4) is 5.88 Å². The number of hydrogen-bond donors (Lipinski definition) is 2. The van der Waals surface area contributed by atoms with E-state index in [1.165, 1.54) is 0 Å². The van der Waals surface area contributed by atoms with Crippen molar-refractivity contribution >= 4 is 11.9 Å². The summed E-state index contributed by atoms with van der Waals surface area (Å²) in [7, 11) is 0. The van der Waals surface area contributed by atoms with Gasteiger partial charge >= 0.3 is 0 Å². The monoisotopic (exact) mass is 280 g/mol. The van der Waals surface area contributed by atoms with E-state index in [1.54, 1.807) is 13.0 Å². The van der Waals surface area contributed by atoms with Crippen LogP contribution in [-0.2, 0) is 4.79 Å². The predicted octanol–water partition coefficient (Wildman–Crippen LogP) is 1.90. The Morgan fingerprint density at radius 3 is 2.65 bits per heavy atom. The number of anilines is 1. The van der Waals surface area contributed by atoms with Crippen molar-refractivity contribution in [1.82, 2.24) is 15.3 Å². The van der Waals surface area contributed by atoms with Crippen molar-refractivity contribution in [3.63, 3.8) is 0 Å². The van der Waals surface area contributed by atoms with Crippen LogP contribution in [0.4, 0.5) is 5.95 Å². The molecular weight excluding hydrogens is 256 g/mol. The molecule has 1 heterocycles. The minimum Gasteiger partial charge on any atom is -0.475 e. The summed E-state index contributed by atoms with van der Waals surface area (Å²) in [6.07, 6.45) is 0.952. The van der Waals surface area contributed by atoms with Crippen molar-refractivity contribution in [2.75, 3.05) is 11.9 Å². The van der Waals surface area contributed by atoms with Crippen LogP contribution >= 0.6 is 0 Å². The minimum absolute atomic E-state index is 0.0439. The lowest BCUT2D eigenvalue weighted by Crippen LogP contribution is -2.38. The number of amides is 1. The topological polar surface area (TPSA) is 76.1 Å². The van der Waals surface area contributed by atoms with E-state index in [2.05, 4.69) is 20.6 Å². The second-order valence-corrected chi connectivity index (χ2v) is 4.99. The molecule has 0 fully saturated rings. The van der Waals surface area contributed by atoms with E-state index in [9.17, 15) is 4.79 Å². The van der Waals surface area contributed by atoms with E-state index in [0.29, 0.717) is 18.4 Å². The third-order valence-corrected chi connectivity index (χ3v) is 2.48. The molecule has 1 aromatic heterocycles. The highest BCUT2D eigenvalue weighted by atomic mass is 16.5. The van der Waals surface area contributed by atoms with Crippen LogP contribution < -0.4 is 15.4 Å². The number of hydrogen-bond acceptors (Lipinski definition) is 5. The van der Waals surface area contributed by atoms with Gasteiger partial charge in [0.2, 0.25) is 17.7 Å². The molecule has 1 rings (SSSR count). The number of rotatable bonds is 7. The lowest BCUT2D eigenvalue weighted by molar-refractivity contribution is -0.121. The molecule has 6 nitrogen and oxygen atoms in total. The summed E-state index contributed by atoms with van der Waals surface area (Å²) in [6, 6.07) is 1.38. The van der Waals surface area contributed by atoms with Crippen LogP contribution in [0.15, 0.2) is 6.07 Å². The summed E-state index contributed by atoms with van der Waals surface area (Å²) in [5, 5.41) is 5.82. The molecule has 1 aromatic rings. The lowest BCUT2D eigenvalue weighted by Gasteiger charge is -2.15. The Balaban J connectivity index is 2.71. The third-order valence-electron chi connectivity index (χ3n) is 2.48. The summed E-state index contributed by atoms with van der Waals surface area (Å²) in [5.74, 6) is 0.847. The standard InChI is InChI=1S/C14H24N4O2/c1-6-7-15-13(19)11(5)17-14-16-10(4)8-12(18-14)20-9(2)3/h8-9,11H,6-7H2,1-5H3,(H,15,19)(H,16,17,18). The average Bonchev–Trinajstić information content (AvgIpc) is 2.34. The van der Waals surface area contributed by atoms with Gasteiger partial charge in [0.1, 0.15) is 6.04 Å². The number of nitrogens with one attached hydrogen (secondary N) is 2. The number of carbonyl (C=O) groups is 1. The SMILES string of the molecule is CCCNC(=O)C(C)Nc1nc(C)cc(OC(C)C)n1. The fraction of sp³-hybridized carbons (Fsp3) is 0.643. The molecular formula is C14H24N4O2. The molecule has 0 aliphatic rings. The molecule has 0 saturated carbocycles. The summed E-state index contributed by atoms with van der Waals surface area (Å²) >= 11 is 0. The van der Waals surface area contributed by atoms with Gasteiger partial charge in [0.15, 0.2) is 0 Å². The molecule has 0 aliphatic carbocycles. The zero-order valence-electron chi connectivity index (χ0n) is 12.9. The quantitative estimate of drug-likeness (QED) is 0.797. The van der Waals surface area contributed by atoms with E-state index in [1.807, 2.05) is 27.7 Å². The highest BCUT2D eigenvalue weighted by Gasteiger charge is 2.14. The number of aryl methyl sites for hydroxylation is 1. The summed E-state index contributed by atoms with van der Waals surface area (Å²) in [4.78, 5) is 20.3. The smallest absolute Gasteiger partial charge is 0.242 e. The third kappa shape index (κ3) is 5.42. The van der Waals surface area contributed by atoms with Gasteiger partial charge in [0.05, 0.1) is 6.10 Å². The van der Waals surface area contributed by atoms with Gasteiger partial charge in [-0.2, -0.15) is 4.98 Å². The van der Waals surface area contributed by atoms with Crippen molar-refractivity contribution in [3.05, 3.63) is 11.8 Å². The van der Waals surface area contributed by atoms with Gasteiger partial charge in [-0.05, 0) is 34.1 Å². The van der Waals surface area contributed by atoms with Crippen molar-refractivity contribution < 1.29 is 9.53 Å². The first-order valence-electron chi connectivity index (χ1n) is 6.99. The molecule has 1 unspecified atom stereocenters. The number of aromatic nitrogens is 2. The van der Waals surface area contributed by atoms with Crippen LogP contribution in [0, 0.1) is 6.92 Å². The molecule has 0 aromatic carbocycles. The Morgan fingerprint density at radius 2 is 2.05 bits per heavy atom. The maximum absolute atomic E-state index is 11.8. The largest absolute Gasteiger partial charge is 0.475 e. The fourth-order valence-corrected chi connectivity index (χ4v) is 1.57. The first kappa shape index (κ1) is 16.2. The summed E-state index contributed by atoms with van der Waals surface area (Å²) < 4.78 is 5.55. The van der Waals surface area contributed by atoms with Crippen molar-refractivity contribution in [1.29, 1.82) is 0 Å². The number of carbonyl (C=O) groups excluding carboxylic acids is 1. The second-order valence-electron chi connectivity index (χ2n) is 4.99. The van der Waals surface area contributed by atoms with Gasteiger partial charge in [0, 0.05) is 18.3 Å². The van der Waals surface area contributed by atoms with Gasteiger partial charge in [-0.3, -0.25) is 4.79 Å². The van der Waals surface area contributed by atoms with Crippen LogP contribution in [0.1, 0.15) is 39.8 Å². The van der Waals surface area contributed by atoms with E-state index in [-0.39, 0.29) is 12.0 Å². The Labute approximate surface area is 120 Å². The Kier molecular flexibility index (Phi) is 6.21. The van der Waals surface area contributed by atoms with E-state index in [4.69, 9.17) is 4.74 Å². The van der Waals surface area contributed by atoms with Crippen LogP contribution in [-0.4, -0.2) is 34.6 Å². The zero-order chi connectivity index (χ0) is 15.1. The average molecular weight is 280 g/mol. The Morgan fingerprint density at radius 1 is 1.35 bits per heavy atom. The van der Waals surface area contributed by atoms with E-state index >= 15 is 0 Å². The van der Waals surface area contributed by atoms with Crippen LogP contribution in [0.3, 0.4) is 0 Å². The van der Waals surface area contributed by atoms with Crippen molar-refractivity contribution in [2.45, 2.75) is 53.2 Å². The highest BCUT2D eigenvalue weighted by Crippen LogP contribution is 2.14. The maximum Gasteiger partial charge on any atom is 0.242 e. The lowest BCUT2D eigenvalue weighted by atomic mass is 10.3. The van der Waals surface area contributed by atoms with E-state index in [0.717, 1.165) is 12.1 Å². The van der Waals surface area contributed by atoms with Gasteiger partial charge < -0.3 is 15.4 Å². The molecule has 2 N–H and O–H groups in total. The second kappa shape index (κ2) is 7.67. The van der Waals surface area contributed by atoms with E-state index < -0.39 is 6.04 Å². The number of ether oxygens (including phenoxy) is 1. The Hall–Kier alpha value is -1.85. The molecule has 112 valence electrons. The summed E-state index contributed by atoms with van der Waals surface area (Å²) in [5.41, 5.74) is 0.791. The van der Waals surface area contributed by atoms with Crippen LogP contribution in [0.25, 0.3) is 0 Å². The van der Waals surface area contributed by atoms with Gasteiger partial charge in [-0.1, -0.05) is 6.92 Å². The fourth-order valence-electron chi connectivity index (χ4n) is 1.57. The molecule has 0 bridgehead atoms. The highest BCUT2D eigenvalue weighted by molar-refractivity contribution is 5.83. The Bertz CT molecular complexity index is 449. The minimum atomic E-state index is -0.393. The molecule has 1 atom stereocenters. The van der Waals surface area contributed by atoms with Gasteiger partial charge in [-0.15, -0.1) is 0 Å². The molecule has 0 radical (unpaired) electrons. The molecule has 6 heteroatoms. The first-order valence-corrected chi connectivity index (χ1v) is 6.99. The molecule has 0 aliphatic heterocycles. The maximum atomic E-state index is 11.8. The normalized spacial score (nSPS) is 12.1. The van der Waals surface area contributed by atoms with Crippen LogP contribution in [0.2, 0.25) is 0 Å². The molecule has 0 saturated heterocycles.